The van der Waals surface area contributed by atoms with Crippen molar-refractivity contribution in [3.8, 4) is 11.3 Å². The van der Waals surface area contributed by atoms with Crippen LogP contribution in [0.25, 0.3) is 17.4 Å². The topological polar surface area (TPSA) is 129 Å². The summed E-state index contributed by atoms with van der Waals surface area (Å²) < 4.78 is 5.47. The standard InChI is InChI=1S/C16H9ClN2O6/c17-7-1-3-9(10(5-7)15(22)23)12-4-2-8(25-12)6-11-13(20)18-16(24)19-14(11)21/h1-6H,(H,22,23)(H2,18,19,20,21,24)/p-1. The minimum Gasteiger partial charge on any atom is -0.545 e. The molecule has 1 aliphatic heterocycles. The summed E-state index contributed by atoms with van der Waals surface area (Å²) in [6.45, 7) is 0. The maximum Gasteiger partial charge on any atom is 0.328 e. The number of carbonyl (C=O) groups is 4. The number of benzene rings is 1. The molecule has 1 fully saturated rings. The third-order valence-electron chi connectivity index (χ3n) is 3.32. The number of halogens is 1. The van der Waals surface area contributed by atoms with Gasteiger partial charge in [-0.2, -0.15) is 0 Å². The smallest absolute Gasteiger partial charge is 0.328 e. The van der Waals surface area contributed by atoms with Gasteiger partial charge in [-0.05, 0) is 36.4 Å². The zero-order valence-electron chi connectivity index (χ0n) is 12.3. The van der Waals surface area contributed by atoms with Crippen molar-refractivity contribution in [2.24, 2.45) is 0 Å². The van der Waals surface area contributed by atoms with Gasteiger partial charge in [0.15, 0.2) is 0 Å². The Labute approximate surface area is 145 Å². The average molecular weight is 360 g/mol. The molecule has 0 saturated carbocycles. The number of hydrogen-bond donors (Lipinski definition) is 2. The van der Waals surface area contributed by atoms with E-state index in [9.17, 15) is 24.3 Å². The molecule has 0 bridgehead atoms. The molecule has 8 nitrogen and oxygen atoms in total. The SMILES string of the molecule is O=C1NC(=O)C(=Cc2ccc(-c3ccc(Cl)cc3C(=O)[O-])o2)C(=O)N1. The van der Waals surface area contributed by atoms with Crippen molar-refractivity contribution in [3.63, 3.8) is 0 Å². The van der Waals surface area contributed by atoms with E-state index >= 15 is 0 Å². The summed E-state index contributed by atoms with van der Waals surface area (Å²) >= 11 is 5.78. The number of amides is 4. The van der Waals surface area contributed by atoms with Crippen LogP contribution in [-0.4, -0.2) is 23.8 Å². The largest absolute Gasteiger partial charge is 0.545 e. The minimum absolute atomic E-state index is 0.115. The van der Waals surface area contributed by atoms with Crippen LogP contribution in [0, 0.1) is 0 Å². The molecule has 4 amide bonds. The zero-order chi connectivity index (χ0) is 18.1. The highest BCUT2D eigenvalue weighted by atomic mass is 35.5. The summed E-state index contributed by atoms with van der Waals surface area (Å²) in [6, 6.07) is 6.14. The highest BCUT2D eigenvalue weighted by Gasteiger charge is 2.28. The van der Waals surface area contributed by atoms with Gasteiger partial charge in [-0.3, -0.25) is 20.2 Å². The highest BCUT2D eigenvalue weighted by Crippen LogP contribution is 2.28. The van der Waals surface area contributed by atoms with E-state index in [1.54, 1.807) is 0 Å². The van der Waals surface area contributed by atoms with E-state index in [-0.39, 0.29) is 33.2 Å². The lowest BCUT2D eigenvalue weighted by Gasteiger charge is -2.13. The predicted molar refractivity (Wildman–Crippen MR) is 83.1 cm³/mol. The highest BCUT2D eigenvalue weighted by molar-refractivity contribution is 6.31. The lowest BCUT2D eigenvalue weighted by atomic mass is 10.1. The first-order valence-corrected chi connectivity index (χ1v) is 7.22. The van der Waals surface area contributed by atoms with Crippen LogP contribution in [0.4, 0.5) is 4.79 Å². The quantitative estimate of drug-likeness (QED) is 0.613. The molecule has 0 aliphatic carbocycles. The predicted octanol–water partition coefficient (Wildman–Crippen LogP) is 0.713. The van der Waals surface area contributed by atoms with Crippen LogP contribution in [0.5, 0.6) is 0 Å². The van der Waals surface area contributed by atoms with Gasteiger partial charge >= 0.3 is 6.03 Å². The van der Waals surface area contributed by atoms with Crippen molar-refractivity contribution in [1.82, 2.24) is 10.6 Å². The first-order valence-electron chi connectivity index (χ1n) is 6.84. The molecule has 2 N–H and O–H groups in total. The average Bonchev–Trinajstić information content (AvgIpc) is 2.99. The Kier molecular flexibility index (Phi) is 4.12. The number of aromatic carboxylic acids is 1. The Hall–Kier alpha value is -3.39. The number of furan rings is 1. The molecule has 3 rings (SSSR count). The van der Waals surface area contributed by atoms with E-state index in [1.807, 2.05) is 10.6 Å². The lowest BCUT2D eigenvalue weighted by molar-refractivity contribution is -0.255. The Bertz CT molecular complexity index is 937. The zero-order valence-corrected chi connectivity index (χ0v) is 13.0. The number of carboxylic acids is 1. The number of imide groups is 2. The van der Waals surface area contributed by atoms with Gasteiger partial charge in [-0.1, -0.05) is 11.6 Å². The van der Waals surface area contributed by atoms with Crippen LogP contribution in [0.1, 0.15) is 16.1 Å². The van der Waals surface area contributed by atoms with Crippen molar-refractivity contribution in [2.75, 3.05) is 0 Å². The normalized spacial score (nSPS) is 14.1. The first-order chi connectivity index (χ1) is 11.8. The van der Waals surface area contributed by atoms with E-state index in [2.05, 4.69) is 0 Å². The number of nitrogens with one attached hydrogen (secondary N) is 2. The Morgan fingerprint density at radius 2 is 1.76 bits per heavy atom. The second kappa shape index (κ2) is 6.25. The molecular formula is C16H8ClN2O6-. The van der Waals surface area contributed by atoms with E-state index in [1.165, 1.54) is 30.3 Å². The molecular weight excluding hydrogens is 352 g/mol. The van der Waals surface area contributed by atoms with Gasteiger partial charge in [0.25, 0.3) is 11.8 Å². The molecule has 126 valence electrons. The van der Waals surface area contributed by atoms with Crippen LogP contribution < -0.4 is 15.7 Å². The molecule has 9 heteroatoms. The number of urea groups is 1. The van der Waals surface area contributed by atoms with Crippen LogP contribution in [-0.2, 0) is 9.59 Å². The van der Waals surface area contributed by atoms with E-state index < -0.39 is 23.8 Å². The van der Waals surface area contributed by atoms with Crippen LogP contribution >= 0.6 is 11.6 Å². The fraction of sp³-hybridized carbons (Fsp3) is 0. The number of carboxylic acid groups (broad SMARTS) is 1. The van der Waals surface area contributed by atoms with Gasteiger partial charge in [0.1, 0.15) is 17.1 Å². The van der Waals surface area contributed by atoms with Gasteiger partial charge < -0.3 is 14.3 Å². The first kappa shape index (κ1) is 16.5. The Morgan fingerprint density at radius 1 is 1.08 bits per heavy atom. The minimum atomic E-state index is -1.43. The molecule has 0 unspecified atom stereocenters. The maximum absolute atomic E-state index is 11.7. The van der Waals surface area contributed by atoms with Crippen LogP contribution in [0.3, 0.4) is 0 Å². The fourth-order valence-electron chi connectivity index (χ4n) is 2.22. The van der Waals surface area contributed by atoms with Crippen LogP contribution in [0.2, 0.25) is 5.02 Å². The molecule has 0 atom stereocenters. The molecule has 0 spiro atoms. The number of barbiturate groups is 1. The number of rotatable bonds is 3. The summed E-state index contributed by atoms with van der Waals surface area (Å²) in [6.07, 6.45) is 1.13. The van der Waals surface area contributed by atoms with E-state index in [0.717, 1.165) is 6.08 Å². The number of hydrogen-bond acceptors (Lipinski definition) is 6. The summed E-state index contributed by atoms with van der Waals surface area (Å²) in [5.41, 5.74) is -0.265. The molecule has 2 aromatic rings. The molecule has 1 aliphatic rings. The Morgan fingerprint density at radius 3 is 2.40 bits per heavy atom. The molecule has 1 aromatic carbocycles. The van der Waals surface area contributed by atoms with Gasteiger partial charge in [0, 0.05) is 16.1 Å². The van der Waals surface area contributed by atoms with Crippen molar-refractivity contribution in [2.45, 2.75) is 0 Å². The van der Waals surface area contributed by atoms with Crippen molar-refractivity contribution in [1.29, 1.82) is 0 Å². The van der Waals surface area contributed by atoms with Crippen LogP contribution in [0.15, 0.2) is 40.3 Å². The summed E-state index contributed by atoms with van der Waals surface area (Å²) in [5.74, 6) is -2.88. The van der Waals surface area contributed by atoms with Crippen molar-refractivity contribution >= 4 is 41.5 Å². The number of carbonyl (C=O) groups excluding carboxylic acids is 4. The monoisotopic (exact) mass is 359 g/mol. The molecule has 25 heavy (non-hydrogen) atoms. The second-order valence-electron chi connectivity index (χ2n) is 4.97. The molecule has 2 heterocycles. The van der Waals surface area contributed by atoms with E-state index in [0.29, 0.717) is 0 Å². The summed E-state index contributed by atoms with van der Waals surface area (Å²) in [7, 11) is 0. The molecule has 0 radical (unpaired) electrons. The van der Waals surface area contributed by atoms with Crippen molar-refractivity contribution in [3.05, 3.63) is 52.3 Å². The summed E-state index contributed by atoms with van der Waals surface area (Å²) in [4.78, 5) is 45.6. The van der Waals surface area contributed by atoms with Gasteiger partial charge in [-0.15, -0.1) is 0 Å². The lowest BCUT2D eigenvalue weighted by Crippen LogP contribution is -2.51. The molecule has 1 saturated heterocycles. The Balaban J connectivity index is 1.98. The third-order valence-corrected chi connectivity index (χ3v) is 3.56. The van der Waals surface area contributed by atoms with Crippen molar-refractivity contribution < 1.29 is 28.7 Å². The van der Waals surface area contributed by atoms with E-state index in [4.69, 9.17) is 16.0 Å². The fourth-order valence-corrected chi connectivity index (χ4v) is 2.40. The van der Waals surface area contributed by atoms with Gasteiger partial charge in [0.2, 0.25) is 0 Å². The summed E-state index contributed by atoms with van der Waals surface area (Å²) in [5, 5.41) is 15.3. The maximum atomic E-state index is 11.7. The third kappa shape index (κ3) is 3.29. The van der Waals surface area contributed by atoms with Gasteiger partial charge in [-0.25, -0.2) is 4.79 Å². The second-order valence-corrected chi connectivity index (χ2v) is 5.41. The molecule has 1 aromatic heterocycles. The van der Waals surface area contributed by atoms with Gasteiger partial charge in [0.05, 0.1) is 5.97 Å².